The number of hydrogen-bond acceptors (Lipinski definition) is 7. The van der Waals surface area contributed by atoms with Crippen LogP contribution in [0.4, 0.5) is 0 Å². The highest BCUT2D eigenvalue weighted by Crippen LogP contribution is 2.50. The Morgan fingerprint density at radius 2 is 2.00 bits per heavy atom. The molecule has 2 fully saturated rings. The highest BCUT2D eigenvalue weighted by atomic mass is 16.5. The van der Waals surface area contributed by atoms with Gasteiger partial charge in [0.25, 0.3) is 0 Å². The van der Waals surface area contributed by atoms with Crippen LogP contribution in [0.15, 0.2) is 11.9 Å². The van der Waals surface area contributed by atoms with Crippen molar-refractivity contribution in [1.29, 1.82) is 0 Å². The summed E-state index contributed by atoms with van der Waals surface area (Å²) in [6.45, 7) is 3.75. The number of carbonyl (C=O) groups is 1. The molecule has 0 bridgehead atoms. The number of morpholine rings is 1. The van der Waals surface area contributed by atoms with Gasteiger partial charge in [-0.2, -0.15) is 0 Å². The lowest BCUT2D eigenvalue weighted by atomic mass is 9.90. The zero-order chi connectivity index (χ0) is 21.4. The molecule has 2 atom stereocenters. The molecule has 168 valence electrons. The number of aliphatic hydroxyl groups is 1. The van der Waals surface area contributed by atoms with Crippen molar-refractivity contribution in [3.05, 3.63) is 23.2 Å². The summed E-state index contributed by atoms with van der Waals surface area (Å²) in [5.74, 6) is 0.111. The lowest BCUT2D eigenvalue weighted by Crippen LogP contribution is -2.46. The second-order valence-corrected chi connectivity index (χ2v) is 9.28. The second-order valence-electron chi connectivity index (χ2n) is 9.28. The number of amides is 1. The summed E-state index contributed by atoms with van der Waals surface area (Å²) in [6.07, 6.45) is 8.03. The average molecular weight is 429 g/mol. The molecule has 1 saturated heterocycles. The number of allylic oxidation sites excluding steroid dienone is 2. The molecule has 31 heavy (non-hydrogen) atoms. The number of nitrogens with two attached hydrogens (primary N) is 1. The smallest absolute Gasteiger partial charge is 0.246 e. The van der Waals surface area contributed by atoms with Gasteiger partial charge in [-0.15, -0.1) is 0 Å². The number of carbonyl (C=O) groups excluding carboxylic acids is 1. The predicted molar refractivity (Wildman–Crippen MR) is 114 cm³/mol. The minimum atomic E-state index is -1.12. The number of nitrogens with zero attached hydrogens (tertiary/aromatic N) is 3. The molecule has 2 heterocycles. The van der Waals surface area contributed by atoms with Crippen molar-refractivity contribution in [2.24, 2.45) is 11.7 Å². The van der Waals surface area contributed by atoms with E-state index in [1.165, 1.54) is 11.1 Å². The Hall–Kier alpha value is -2.03. The van der Waals surface area contributed by atoms with Gasteiger partial charge >= 0.3 is 0 Å². The normalized spacial score (nSPS) is 29.5. The van der Waals surface area contributed by atoms with Crippen LogP contribution in [0.1, 0.15) is 56.2 Å². The van der Waals surface area contributed by atoms with E-state index in [1.54, 1.807) is 6.33 Å². The van der Waals surface area contributed by atoms with E-state index in [2.05, 4.69) is 14.9 Å². The number of hydrogen-bond donors (Lipinski definition) is 2. The molecule has 3 aliphatic carbocycles. The number of fused-ring (bicyclic) bond motifs is 2. The highest BCUT2D eigenvalue weighted by Gasteiger charge is 2.38. The Kier molecular flexibility index (Phi) is 5.95. The maximum atomic E-state index is 11.4. The standard InChI is InChI=1S/C23H32N4O4/c24-22(29)19(28)12-15-2-1-14-11-18-21(20(14)15)23(26-13-25-18)31-17-5-3-16(4-6-17)27-7-9-30-10-8-27/h13,15-17,19,28H,1-12H2,(H2,24,29)/t15-,16?,17?,19+/m1/s1. The third-order valence-electron chi connectivity index (χ3n) is 7.45. The molecule has 5 rings (SSSR count). The van der Waals surface area contributed by atoms with Gasteiger partial charge in [0, 0.05) is 25.6 Å². The molecule has 1 aromatic heterocycles. The van der Waals surface area contributed by atoms with E-state index in [4.69, 9.17) is 15.2 Å². The maximum absolute atomic E-state index is 11.4. The largest absolute Gasteiger partial charge is 0.474 e. The van der Waals surface area contributed by atoms with Crippen LogP contribution < -0.4 is 10.5 Å². The minimum Gasteiger partial charge on any atom is -0.474 e. The van der Waals surface area contributed by atoms with Crippen LogP contribution in [-0.4, -0.2) is 70.4 Å². The minimum absolute atomic E-state index is 0.101. The number of aromatic nitrogens is 2. The topological polar surface area (TPSA) is 111 Å². The molecule has 3 N–H and O–H groups in total. The SMILES string of the molecule is NC(=O)[C@@H](O)C[C@H]1CCC2=C1c1c(ncnc1OC1CCC(N3CCOCC3)CC1)C2. The van der Waals surface area contributed by atoms with Crippen molar-refractivity contribution < 1.29 is 19.4 Å². The molecule has 1 amide bonds. The van der Waals surface area contributed by atoms with Crippen LogP contribution >= 0.6 is 0 Å². The molecule has 0 aromatic carbocycles. The van der Waals surface area contributed by atoms with Crippen LogP contribution in [0.3, 0.4) is 0 Å². The first kappa shape index (κ1) is 20.8. The van der Waals surface area contributed by atoms with Gasteiger partial charge < -0.3 is 20.3 Å². The van der Waals surface area contributed by atoms with Crippen molar-refractivity contribution in [1.82, 2.24) is 14.9 Å². The second kappa shape index (κ2) is 8.84. The first-order chi connectivity index (χ1) is 15.1. The summed E-state index contributed by atoms with van der Waals surface area (Å²) >= 11 is 0. The number of rotatable bonds is 6. The molecule has 8 nitrogen and oxygen atoms in total. The lowest BCUT2D eigenvalue weighted by molar-refractivity contribution is -0.126. The van der Waals surface area contributed by atoms with Gasteiger partial charge in [0.1, 0.15) is 18.5 Å². The number of ether oxygens (including phenoxy) is 2. The van der Waals surface area contributed by atoms with E-state index in [1.807, 2.05) is 0 Å². The van der Waals surface area contributed by atoms with Gasteiger partial charge in [0.15, 0.2) is 0 Å². The van der Waals surface area contributed by atoms with E-state index in [9.17, 15) is 9.90 Å². The van der Waals surface area contributed by atoms with E-state index in [-0.39, 0.29) is 12.0 Å². The average Bonchev–Trinajstić information content (AvgIpc) is 3.35. The monoisotopic (exact) mass is 428 g/mol. The Labute approximate surface area is 182 Å². The fourth-order valence-electron chi connectivity index (χ4n) is 5.83. The summed E-state index contributed by atoms with van der Waals surface area (Å²) in [4.78, 5) is 23.0. The van der Waals surface area contributed by atoms with E-state index >= 15 is 0 Å². The summed E-state index contributed by atoms with van der Waals surface area (Å²) in [6, 6.07) is 0.628. The molecular formula is C23H32N4O4. The quantitative estimate of drug-likeness (QED) is 0.706. The van der Waals surface area contributed by atoms with Crippen molar-refractivity contribution >= 4 is 11.5 Å². The Morgan fingerprint density at radius 1 is 1.23 bits per heavy atom. The number of primary amides is 1. The molecule has 1 aromatic rings. The van der Waals surface area contributed by atoms with Gasteiger partial charge in [-0.05, 0) is 56.4 Å². The molecule has 4 aliphatic rings. The van der Waals surface area contributed by atoms with E-state index in [0.29, 0.717) is 18.3 Å². The molecule has 1 aliphatic heterocycles. The third kappa shape index (κ3) is 4.21. The fraction of sp³-hybridized carbons (Fsp3) is 0.696. The first-order valence-corrected chi connectivity index (χ1v) is 11.6. The highest BCUT2D eigenvalue weighted by molar-refractivity contribution is 5.83. The van der Waals surface area contributed by atoms with Gasteiger partial charge in [0.2, 0.25) is 11.8 Å². The van der Waals surface area contributed by atoms with Crippen molar-refractivity contribution in [3.8, 4) is 5.88 Å². The summed E-state index contributed by atoms with van der Waals surface area (Å²) < 4.78 is 11.9. The molecule has 0 radical (unpaired) electrons. The zero-order valence-corrected chi connectivity index (χ0v) is 18.0. The first-order valence-electron chi connectivity index (χ1n) is 11.6. The van der Waals surface area contributed by atoms with E-state index < -0.39 is 12.0 Å². The predicted octanol–water partition coefficient (Wildman–Crippen LogP) is 1.45. The zero-order valence-electron chi connectivity index (χ0n) is 18.0. The summed E-state index contributed by atoms with van der Waals surface area (Å²) in [7, 11) is 0. The number of aliphatic hydroxyl groups excluding tert-OH is 1. The Bertz CT molecular complexity index is 859. The van der Waals surface area contributed by atoms with Gasteiger partial charge in [0.05, 0.1) is 24.5 Å². The summed E-state index contributed by atoms with van der Waals surface area (Å²) in [5.41, 5.74) is 9.85. The van der Waals surface area contributed by atoms with E-state index in [0.717, 1.165) is 82.5 Å². The Morgan fingerprint density at radius 3 is 2.74 bits per heavy atom. The van der Waals surface area contributed by atoms with Crippen LogP contribution in [-0.2, 0) is 16.0 Å². The Balaban J connectivity index is 1.27. The van der Waals surface area contributed by atoms with Crippen LogP contribution in [0.2, 0.25) is 0 Å². The molecule has 0 spiro atoms. The molecule has 0 unspecified atom stereocenters. The van der Waals surface area contributed by atoms with Gasteiger partial charge in [-0.1, -0.05) is 5.57 Å². The molecule has 1 saturated carbocycles. The summed E-state index contributed by atoms with van der Waals surface area (Å²) in [5, 5.41) is 10.0. The fourth-order valence-corrected chi connectivity index (χ4v) is 5.83. The van der Waals surface area contributed by atoms with Crippen molar-refractivity contribution in [3.63, 3.8) is 0 Å². The van der Waals surface area contributed by atoms with Gasteiger partial charge in [-0.3, -0.25) is 9.69 Å². The van der Waals surface area contributed by atoms with Crippen LogP contribution in [0.5, 0.6) is 5.88 Å². The molecular weight excluding hydrogens is 396 g/mol. The van der Waals surface area contributed by atoms with Crippen LogP contribution in [0, 0.1) is 5.92 Å². The van der Waals surface area contributed by atoms with Gasteiger partial charge in [-0.25, -0.2) is 9.97 Å². The van der Waals surface area contributed by atoms with Crippen LogP contribution in [0.25, 0.3) is 5.57 Å². The maximum Gasteiger partial charge on any atom is 0.246 e. The van der Waals surface area contributed by atoms with Crippen molar-refractivity contribution in [2.75, 3.05) is 26.3 Å². The van der Waals surface area contributed by atoms with Crippen molar-refractivity contribution in [2.45, 2.75) is 69.6 Å². The third-order valence-corrected chi connectivity index (χ3v) is 7.45. The molecule has 8 heteroatoms. The lowest BCUT2D eigenvalue weighted by Gasteiger charge is -2.38.